The number of rotatable bonds is 3. The highest BCUT2D eigenvalue weighted by molar-refractivity contribution is 6.31. The molecule has 0 fully saturated rings. The number of nitrogens with zero attached hydrogens (tertiary/aromatic N) is 3. The molecule has 0 aliphatic carbocycles. The van der Waals surface area contributed by atoms with E-state index in [4.69, 9.17) is 11.6 Å². The lowest BCUT2D eigenvalue weighted by Crippen LogP contribution is -2.07. The molecule has 1 aromatic carbocycles. The van der Waals surface area contributed by atoms with Gasteiger partial charge in [0.2, 0.25) is 0 Å². The highest BCUT2D eigenvalue weighted by Crippen LogP contribution is 2.24. The number of halogens is 1. The fourth-order valence-electron chi connectivity index (χ4n) is 2.61. The third kappa shape index (κ3) is 2.12. The van der Waals surface area contributed by atoms with Crippen LogP contribution in [0, 0.1) is 13.8 Å². The van der Waals surface area contributed by atoms with E-state index in [-0.39, 0.29) is 0 Å². The molecule has 3 nitrogen and oxygen atoms in total. The van der Waals surface area contributed by atoms with Crippen LogP contribution in [0.3, 0.4) is 0 Å². The maximum Gasteiger partial charge on any atom is 0.0865 e. The molecule has 0 unspecified atom stereocenters. The van der Waals surface area contributed by atoms with Crippen molar-refractivity contribution in [1.29, 1.82) is 0 Å². The number of fused-ring (bicyclic) bond motifs is 1. The van der Waals surface area contributed by atoms with Crippen LogP contribution in [0.4, 0.5) is 0 Å². The quantitative estimate of drug-likeness (QED) is 0.709. The van der Waals surface area contributed by atoms with Crippen molar-refractivity contribution in [3.63, 3.8) is 0 Å². The van der Waals surface area contributed by atoms with Gasteiger partial charge in [0, 0.05) is 18.3 Å². The van der Waals surface area contributed by atoms with Crippen molar-refractivity contribution in [3.8, 4) is 0 Å². The van der Waals surface area contributed by atoms with Gasteiger partial charge in [-0.3, -0.25) is 4.68 Å². The Hall–Kier alpha value is -1.74. The number of benzene rings is 1. The van der Waals surface area contributed by atoms with E-state index in [2.05, 4.69) is 54.0 Å². The Morgan fingerprint density at radius 3 is 2.75 bits per heavy atom. The molecule has 0 aliphatic rings. The van der Waals surface area contributed by atoms with Gasteiger partial charge in [-0.15, -0.1) is 0 Å². The molecule has 2 aromatic heterocycles. The van der Waals surface area contributed by atoms with E-state index >= 15 is 0 Å². The first kappa shape index (κ1) is 13.3. The molecule has 0 aliphatic heterocycles. The predicted octanol–water partition coefficient (Wildman–Crippen LogP) is 4.18. The molecular formula is C16H18ClN3. The topological polar surface area (TPSA) is 22.8 Å². The summed E-state index contributed by atoms with van der Waals surface area (Å²) in [5, 5.41) is 6.51. The third-order valence-corrected chi connectivity index (χ3v) is 4.19. The highest BCUT2D eigenvalue weighted by Gasteiger charge is 2.13. The predicted molar refractivity (Wildman–Crippen MR) is 83.4 cm³/mol. The van der Waals surface area contributed by atoms with E-state index < -0.39 is 0 Å². The van der Waals surface area contributed by atoms with Crippen LogP contribution in [-0.2, 0) is 13.1 Å². The van der Waals surface area contributed by atoms with Gasteiger partial charge in [-0.05, 0) is 43.9 Å². The van der Waals surface area contributed by atoms with Gasteiger partial charge in [0.25, 0.3) is 0 Å². The first-order valence-electron chi connectivity index (χ1n) is 6.87. The molecule has 0 spiro atoms. The summed E-state index contributed by atoms with van der Waals surface area (Å²) in [5.74, 6) is 0. The molecule has 2 heterocycles. The van der Waals surface area contributed by atoms with Crippen LogP contribution in [0.25, 0.3) is 10.9 Å². The van der Waals surface area contributed by atoms with E-state index in [1.807, 2.05) is 11.6 Å². The zero-order chi connectivity index (χ0) is 14.3. The maximum atomic E-state index is 6.40. The Balaban J connectivity index is 2.07. The second kappa shape index (κ2) is 4.98. The average molecular weight is 288 g/mol. The van der Waals surface area contributed by atoms with Gasteiger partial charge in [0.1, 0.15) is 0 Å². The molecule has 20 heavy (non-hydrogen) atoms. The van der Waals surface area contributed by atoms with Crippen molar-refractivity contribution >= 4 is 22.5 Å². The molecule has 4 heteroatoms. The van der Waals surface area contributed by atoms with Crippen LogP contribution in [0.5, 0.6) is 0 Å². The Kier molecular flexibility index (Phi) is 3.30. The normalized spacial score (nSPS) is 11.4. The fraction of sp³-hybridized carbons (Fsp3) is 0.312. The van der Waals surface area contributed by atoms with Gasteiger partial charge in [0.15, 0.2) is 0 Å². The summed E-state index contributed by atoms with van der Waals surface area (Å²) < 4.78 is 4.22. The second-order valence-corrected chi connectivity index (χ2v) is 5.55. The van der Waals surface area contributed by atoms with E-state index in [1.54, 1.807) is 0 Å². The largest absolute Gasteiger partial charge is 0.341 e. The molecule has 0 N–H and O–H groups in total. The molecular weight excluding hydrogens is 270 g/mol. The molecule has 0 amide bonds. The molecule has 0 saturated carbocycles. The Labute approximate surface area is 123 Å². The highest BCUT2D eigenvalue weighted by atomic mass is 35.5. The molecule has 0 atom stereocenters. The molecule has 3 aromatic rings. The summed E-state index contributed by atoms with van der Waals surface area (Å²) in [6, 6.07) is 8.65. The Morgan fingerprint density at radius 1 is 1.20 bits per heavy atom. The summed E-state index contributed by atoms with van der Waals surface area (Å²) in [6.07, 6.45) is 2.11. The van der Waals surface area contributed by atoms with Crippen molar-refractivity contribution in [3.05, 3.63) is 52.4 Å². The summed E-state index contributed by atoms with van der Waals surface area (Å²) in [7, 11) is 0. The Morgan fingerprint density at radius 2 is 2.00 bits per heavy atom. The lowest BCUT2D eigenvalue weighted by molar-refractivity contribution is 0.602. The van der Waals surface area contributed by atoms with Crippen molar-refractivity contribution in [2.45, 2.75) is 33.9 Å². The van der Waals surface area contributed by atoms with Crippen molar-refractivity contribution in [2.24, 2.45) is 0 Å². The number of hydrogen-bond acceptors (Lipinski definition) is 1. The van der Waals surface area contributed by atoms with Crippen LogP contribution in [0.2, 0.25) is 5.02 Å². The number of aryl methyl sites for hydroxylation is 3. The van der Waals surface area contributed by atoms with Gasteiger partial charge in [-0.1, -0.05) is 23.7 Å². The molecule has 104 valence electrons. The smallest absolute Gasteiger partial charge is 0.0865 e. The lowest BCUT2D eigenvalue weighted by Gasteiger charge is -2.09. The summed E-state index contributed by atoms with van der Waals surface area (Å²) in [6.45, 7) is 7.74. The van der Waals surface area contributed by atoms with Crippen molar-refractivity contribution < 1.29 is 0 Å². The lowest BCUT2D eigenvalue weighted by atomic mass is 10.2. The minimum absolute atomic E-state index is 0.750. The minimum atomic E-state index is 0.750. The standard InChI is InChI=1S/C16H18ClN3/c1-4-20-15(16(17)12(3)18-20)10-19-8-7-13-6-5-11(2)9-14(13)19/h5-9H,4,10H2,1-3H3. The van der Waals surface area contributed by atoms with Crippen molar-refractivity contribution in [1.82, 2.24) is 14.3 Å². The molecule has 0 radical (unpaired) electrons. The number of aromatic nitrogens is 3. The summed E-state index contributed by atoms with van der Waals surface area (Å²) in [5.41, 5.74) is 4.48. The molecule has 0 bridgehead atoms. The van der Waals surface area contributed by atoms with Crippen LogP contribution in [0.1, 0.15) is 23.9 Å². The van der Waals surface area contributed by atoms with Gasteiger partial charge in [-0.2, -0.15) is 5.10 Å². The third-order valence-electron chi connectivity index (χ3n) is 3.70. The molecule has 3 rings (SSSR count). The van der Waals surface area contributed by atoms with Crippen LogP contribution in [0.15, 0.2) is 30.5 Å². The molecule has 0 saturated heterocycles. The van der Waals surface area contributed by atoms with Gasteiger partial charge in [-0.25, -0.2) is 0 Å². The van der Waals surface area contributed by atoms with Crippen LogP contribution >= 0.6 is 11.6 Å². The van der Waals surface area contributed by atoms with E-state index in [0.717, 1.165) is 29.5 Å². The van der Waals surface area contributed by atoms with Crippen molar-refractivity contribution in [2.75, 3.05) is 0 Å². The van der Waals surface area contributed by atoms with Crippen LogP contribution in [-0.4, -0.2) is 14.3 Å². The minimum Gasteiger partial charge on any atom is -0.341 e. The van der Waals surface area contributed by atoms with Gasteiger partial charge in [0.05, 0.1) is 23.0 Å². The van der Waals surface area contributed by atoms with E-state index in [9.17, 15) is 0 Å². The monoisotopic (exact) mass is 287 g/mol. The Bertz CT molecular complexity index is 767. The average Bonchev–Trinajstić information content (AvgIpc) is 2.95. The number of hydrogen-bond donors (Lipinski definition) is 0. The zero-order valence-corrected chi connectivity index (χ0v) is 12.8. The maximum absolute atomic E-state index is 6.40. The second-order valence-electron chi connectivity index (χ2n) is 5.17. The zero-order valence-electron chi connectivity index (χ0n) is 12.0. The SMILES string of the molecule is CCn1nc(C)c(Cl)c1Cn1ccc2ccc(C)cc21. The van der Waals surface area contributed by atoms with E-state index in [1.165, 1.54) is 16.5 Å². The van der Waals surface area contributed by atoms with Crippen LogP contribution < -0.4 is 0 Å². The van der Waals surface area contributed by atoms with Gasteiger partial charge < -0.3 is 4.57 Å². The first-order chi connectivity index (χ1) is 9.60. The van der Waals surface area contributed by atoms with Gasteiger partial charge >= 0.3 is 0 Å². The summed E-state index contributed by atoms with van der Waals surface area (Å²) >= 11 is 6.40. The van der Waals surface area contributed by atoms with E-state index in [0.29, 0.717) is 0 Å². The fourth-order valence-corrected chi connectivity index (χ4v) is 2.81. The summed E-state index contributed by atoms with van der Waals surface area (Å²) in [4.78, 5) is 0. The first-order valence-corrected chi connectivity index (χ1v) is 7.25.